The van der Waals surface area contributed by atoms with Crippen molar-refractivity contribution in [1.29, 1.82) is 5.26 Å². The summed E-state index contributed by atoms with van der Waals surface area (Å²) < 4.78 is 0. The lowest BCUT2D eigenvalue weighted by molar-refractivity contribution is 0.307. The smallest absolute Gasteiger partial charge is 0.225 e. The summed E-state index contributed by atoms with van der Waals surface area (Å²) >= 11 is 0. The lowest BCUT2D eigenvalue weighted by Crippen LogP contribution is -2.29. The van der Waals surface area contributed by atoms with Gasteiger partial charge in [-0.25, -0.2) is 4.98 Å². The molecule has 1 unspecified atom stereocenters. The van der Waals surface area contributed by atoms with Crippen molar-refractivity contribution in [2.75, 3.05) is 30.3 Å². The molecule has 2 aliphatic rings. The van der Waals surface area contributed by atoms with Crippen LogP contribution < -0.4 is 10.6 Å². The number of aryl methyl sites for hydroxylation is 1. The van der Waals surface area contributed by atoms with Crippen molar-refractivity contribution in [3.8, 4) is 6.07 Å². The third kappa shape index (κ3) is 3.14. The van der Waals surface area contributed by atoms with E-state index in [1.807, 2.05) is 37.3 Å². The molecular formula is C20H22N8. The summed E-state index contributed by atoms with van der Waals surface area (Å²) in [6, 6.07) is 12.6. The average molecular weight is 374 g/mol. The molecule has 0 bridgehead atoms. The molecule has 3 atom stereocenters. The van der Waals surface area contributed by atoms with Gasteiger partial charge in [0, 0.05) is 49.2 Å². The molecule has 0 amide bonds. The SMILES string of the molecule is Cc1cc(Nc2nc(NC3[C@H]4CN(CCC#N)C[C@@H]34)nc3ccccc23)n[nH]1. The van der Waals surface area contributed by atoms with Crippen molar-refractivity contribution >= 4 is 28.5 Å². The highest BCUT2D eigenvalue weighted by Crippen LogP contribution is 2.47. The Labute approximate surface area is 163 Å². The van der Waals surface area contributed by atoms with Crippen molar-refractivity contribution in [2.24, 2.45) is 11.8 Å². The average Bonchev–Trinajstić information content (AvgIpc) is 3.02. The number of hydrogen-bond donors (Lipinski definition) is 3. The topological polar surface area (TPSA) is 106 Å². The molecule has 8 heteroatoms. The zero-order valence-electron chi connectivity index (χ0n) is 15.7. The predicted octanol–water partition coefficient (Wildman–Crippen LogP) is 2.66. The first kappa shape index (κ1) is 17.0. The second kappa shape index (κ2) is 6.77. The summed E-state index contributed by atoms with van der Waals surface area (Å²) in [7, 11) is 0. The number of rotatable bonds is 6. The van der Waals surface area contributed by atoms with Crippen LogP contribution in [0.3, 0.4) is 0 Å². The van der Waals surface area contributed by atoms with Crippen LogP contribution in [0, 0.1) is 30.1 Å². The minimum atomic E-state index is 0.417. The molecule has 28 heavy (non-hydrogen) atoms. The van der Waals surface area contributed by atoms with Crippen LogP contribution in [0.15, 0.2) is 30.3 Å². The molecule has 1 aliphatic carbocycles. The first-order chi connectivity index (χ1) is 13.7. The Bertz CT molecular complexity index is 1040. The molecule has 3 aromatic rings. The third-order valence-corrected chi connectivity index (χ3v) is 5.66. The monoisotopic (exact) mass is 374 g/mol. The van der Waals surface area contributed by atoms with Crippen molar-refractivity contribution in [1.82, 2.24) is 25.1 Å². The van der Waals surface area contributed by atoms with Gasteiger partial charge in [-0.3, -0.25) is 5.10 Å². The van der Waals surface area contributed by atoms with E-state index in [1.165, 1.54) is 0 Å². The van der Waals surface area contributed by atoms with Crippen LogP contribution >= 0.6 is 0 Å². The molecule has 8 nitrogen and oxygen atoms in total. The number of nitriles is 1. The molecule has 1 saturated carbocycles. The van der Waals surface area contributed by atoms with Gasteiger partial charge < -0.3 is 15.5 Å². The Morgan fingerprint density at radius 3 is 2.82 bits per heavy atom. The number of H-pyrrole nitrogens is 1. The minimum absolute atomic E-state index is 0.417. The highest BCUT2D eigenvalue weighted by Gasteiger charge is 2.55. The largest absolute Gasteiger partial charge is 0.351 e. The number of hydrogen-bond acceptors (Lipinski definition) is 7. The van der Waals surface area contributed by atoms with Crippen molar-refractivity contribution in [2.45, 2.75) is 19.4 Å². The molecule has 0 radical (unpaired) electrons. The molecule has 2 fully saturated rings. The van der Waals surface area contributed by atoms with Gasteiger partial charge in [-0.05, 0) is 30.9 Å². The van der Waals surface area contributed by atoms with Crippen LogP contribution in [-0.4, -0.2) is 50.7 Å². The molecule has 3 N–H and O–H groups in total. The normalized spacial score (nSPS) is 23.4. The van der Waals surface area contributed by atoms with Gasteiger partial charge >= 0.3 is 0 Å². The molecule has 5 rings (SSSR count). The second-order valence-electron chi connectivity index (χ2n) is 7.64. The maximum absolute atomic E-state index is 8.75. The lowest BCUT2D eigenvalue weighted by Gasteiger charge is -2.18. The van der Waals surface area contributed by atoms with E-state index < -0.39 is 0 Å². The number of aromatic amines is 1. The number of benzene rings is 1. The maximum Gasteiger partial charge on any atom is 0.225 e. The fourth-order valence-corrected chi connectivity index (χ4v) is 4.21. The van der Waals surface area contributed by atoms with Crippen molar-refractivity contribution < 1.29 is 0 Å². The predicted molar refractivity (Wildman–Crippen MR) is 107 cm³/mol. The van der Waals surface area contributed by atoms with Crippen LogP contribution in [0.1, 0.15) is 12.1 Å². The van der Waals surface area contributed by atoms with E-state index in [9.17, 15) is 0 Å². The highest BCUT2D eigenvalue weighted by molar-refractivity contribution is 5.91. The van der Waals surface area contributed by atoms with Crippen LogP contribution in [0.25, 0.3) is 10.9 Å². The summed E-state index contributed by atoms with van der Waals surface area (Å²) in [4.78, 5) is 11.8. The van der Waals surface area contributed by atoms with Gasteiger partial charge in [0.05, 0.1) is 11.6 Å². The van der Waals surface area contributed by atoms with E-state index >= 15 is 0 Å². The standard InChI is InChI=1S/C20H22N8/c1-12-9-17(27-26-12)23-19-13-5-2-3-6-16(13)22-20(25-19)24-18-14-10-28(8-4-7-21)11-15(14)18/h2-3,5-6,9,14-15,18H,4,8,10-11H2,1H3,(H3,22,23,24,25,26,27)/t14-,15+,18?. The summed E-state index contributed by atoms with van der Waals surface area (Å²) in [5.41, 5.74) is 1.89. The van der Waals surface area contributed by atoms with Gasteiger partial charge in [0.15, 0.2) is 5.82 Å². The number of fused-ring (bicyclic) bond motifs is 2. The van der Waals surface area contributed by atoms with Crippen molar-refractivity contribution in [3.63, 3.8) is 0 Å². The van der Waals surface area contributed by atoms with Gasteiger partial charge in [-0.2, -0.15) is 15.3 Å². The van der Waals surface area contributed by atoms with E-state index in [0.29, 0.717) is 30.2 Å². The Morgan fingerprint density at radius 1 is 1.25 bits per heavy atom. The molecule has 0 spiro atoms. The Morgan fingerprint density at radius 2 is 2.07 bits per heavy atom. The van der Waals surface area contributed by atoms with Gasteiger partial charge in [0.1, 0.15) is 5.82 Å². The fourth-order valence-electron chi connectivity index (χ4n) is 4.21. The molecule has 2 aromatic heterocycles. The van der Waals surface area contributed by atoms with Crippen LogP contribution in [-0.2, 0) is 0 Å². The molecule has 142 valence electrons. The lowest BCUT2D eigenvalue weighted by atomic mass is 10.2. The zero-order valence-corrected chi connectivity index (χ0v) is 15.7. The quantitative estimate of drug-likeness (QED) is 0.609. The number of likely N-dealkylation sites (tertiary alicyclic amines) is 1. The molecular weight excluding hydrogens is 352 g/mol. The number of nitrogens with one attached hydrogen (secondary N) is 3. The van der Waals surface area contributed by atoms with Crippen molar-refractivity contribution in [3.05, 3.63) is 36.0 Å². The van der Waals surface area contributed by atoms with Crippen LogP contribution in [0.4, 0.5) is 17.6 Å². The summed E-state index contributed by atoms with van der Waals surface area (Å²) in [6.45, 7) is 4.94. The number of anilines is 3. The summed E-state index contributed by atoms with van der Waals surface area (Å²) in [5.74, 6) is 3.39. The molecule has 1 aliphatic heterocycles. The van der Waals surface area contributed by atoms with E-state index in [2.05, 4.69) is 31.8 Å². The minimum Gasteiger partial charge on any atom is -0.351 e. The first-order valence-corrected chi connectivity index (χ1v) is 9.63. The Kier molecular flexibility index (Phi) is 4.10. The van der Waals surface area contributed by atoms with Gasteiger partial charge in [0.2, 0.25) is 5.95 Å². The molecule has 1 aromatic carbocycles. The Hall–Kier alpha value is -3.18. The fraction of sp³-hybridized carbons (Fsp3) is 0.400. The first-order valence-electron chi connectivity index (χ1n) is 9.63. The zero-order chi connectivity index (χ0) is 19.1. The Balaban J connectivity index is 1.34. The van der Waals surface area contributed by atoms with Gasteiger partial charge in [0.25, 0.3) is 0 Å². The van der Waals surface area contributed by atoms with Crippen LogP contribution in [0.2, 0.25) is 0 Å². The number of piperidine rings is 1. The van der Waals surface area contributed by atoms with E-state index in [-0.39, 0.29) is 0 Å². The number of para-hydroxylation sites is 1. The van der Waals surface area contributed by atoms with Gasteiger partial charge in [-0.1, -0.05) is 12.1 Å². The second-order valence-corrected chi connectivity index (χ2v) is 7.64. The van der Waals surface area contributed by atoms with Gasteiger partial charge in [-0.15, -0.1) is 0 Å². The van der Waals surface area contributed by atoms with Crippen LogP contribution in [0.5, 0.6) is 0 Å². The van der Waals surface area contributed by atoms with E-state index in [4.69, 9.17) is 15.2 Å². The van der Waals surface area contributed by atoms with E-state index in [0.717, 1.165) is 47.9 Å². The summed E-state index contributed by atoms with van der Waals surface area (Å²) in [6.07, 6.45) is 0.604. The number of nitrogens with zero attached hydrogens (tertiary/aromatic N) is 5. The summed E-state index contributed by atoms with van der Waals surface area (Å²) in [5, 5.41) is 23.8. The highest BCUT2D eigenvalue weighted by atomic mass is 15.3. The number of aromatic nitrogens is 4. The molecule has 1 saturated heterocycles. The maximum atomic E-state index is 8.75. The molecule has 3 heterocycles. The van der Waals surface area contributed by atoms with E-state index in [1.54, 1.807) is 0 Å². The third-order valence-electron chi connectivity index (χ3n) is 5.66.